The van der Waals surface area contributed by atoms with Crippen molar-refractivity contribution in [2.75, 3.05) is 50.3 Å². The highest BCUT2D eigenvalue weighted by Gasteiger charge is 2.24. The van der Waals surface area contributed by atoms with Crippen molar-refractivity contribution < 1.29 is 9.53 Å². The fourth-order valence-electron chi connectivity index (χ4n) is 5.35. The Balaban J connectivity index is 1.13. The number of nitrogens with two attached hydrogens (primary N) is 1. The van der Waals surface area contributed by atoms with Crippen molar-refractivity contribution in [2.45, 2.75) is 38.5 Å². The average molecular weight is 515 g/mol. The van der Waals surface area contributed by atoms with Gasteiger partial charge in [0.2, 0.25) is 5.91 Å². The third-order valence-corrected chi connectivity index (χ3v) is 7.61. The minimum absolute atomic E-state index is 0.299. The van der Waals surface area contributed by atoms with Gasteiger partial charge in [-0.3, -0.25) is 4.79 Å². The number of likely N-dealkylation sites (tertiary alicyclic amines) is 2. The maximum absolute atomic E-state index is 12.7. The van der Waals surface area contributed by atoms with E-state index in [0.717, 1.165) is 80.6 Å². The number of aromatic nitrogens is 2. The van der Waals surface area contributed by atoms with Crippen LogP contribution < -0.4 is 15.8 Å². The number of piperidine rings is 2. The van der Waals surface area contributed by atoms with E-state index >= 15 is 0 Å². The Bertz CT molecular complexity index is 1170. The largest absolute Gasteiger partial charge is 0.457 e. The number of rotatable bonds is 9. The van der Waals surface area contributed by atoms with E-state index in [4.69, 9.17) is 10.5 Å². The molecule has 3 N–H and O–H groups in total. The topological polar surface area (TPSA) is 96.6 Å². The molecule has 0 unspecified atom stereocenters. The van der Waals surface area contributed by atoms with E-state index in [0.29, 0.717) is 24.1 Å². The van der Waals surface area contributed by atoms with Crippen LogP contribution in [0.3, 0.4) is 0 Å². The Hall–Kier alpha value is -3.65. The van der Waals surface area contributed by atoms with Crippen LogP contribution in [0, 0.1) is 5.92 Å². The van der Waals surface area contributed by atoms with Crippen LogP contribution in [0.15, 0.2) is 60.9 Å². The van der Waals surface area contributed by atoms with Crippen LogP contribution in [0.4, 0.5) is 11.6 Å². The number of anilines is 2. The molecule has 0 atom stereocenters. The number of nitrogens with zero attached hydrogens (tertiary/aromatic N) is 4. The van der Waals surface area contributed by atoms with Crippen molar-refractivity contribution >= 4 is 17.5 Å². The maximum Gasteiger partial charge on any atom is 0.223 e. The van der Waals surface area contributed by atoms with Crippen LogP contribution >= 0.6 is 0 Å². The number of amides is 1. The smallest absolute Gasteiger partial charge is 0.223 e. The summed E-state index contributed by atoms with van der Waals surface area (Å²) < 4.78 is 5.92. The first-order valence-electron chi connectivity index (χ1n) is 13.8. The first kappa shape index (κ1) is 26.0. The van der Waals surface area contributed by atoms with Crippen LogP contribution in [0.5, 0.6) is 11.5 Å². The third-order valence-electron chi connectivity index (χ3n) is 7.61. The lowest BCUT2D eigenvalue weighted by Crippen LogP contribution is -2.41. The Morgan fingerprint density at radius 1 is 0.921 bits per heavy atom. The summed E-state index contributed by atoms with van der Waals surface area (Å²) in [6, 6.07) is 17.5. The molecule has 1 aromatic heterocycles. The first-order valence-corrected chi connectivity index (χ1v) is 13.8. The van der Waals surface area contributed by atoms with Crippen LogP contribution in [-0.2, 0) is 4.79 Å². The molecule has 0 bridgehead atoms. The fraction of sp³-hybridized carbons (Fsp3) is 0.433. The highest BCUT2D eigenvalue weighted by atomic mass is 16.5. The monoisotopic (exact) mass is 514 g/mol. The Morgan fingerprint density at radius 3 is 2.37 bits per heavy atom. The van der Waals surface area contributed by atoms with E-state index in [1.165, 1.54) is 25.6 Å². The van der Waals surface area contributed by atoms with E-state index in [-0.39, 0.29) is 0 Å². The molecule has 3 aromatic rings. The van der Waals surface area contributed by atoms with E-state index in [2.05, 4.69) is 20.2 Å². The number of para-hydroxylation sites is 1. The molecule has 2 aliphatic rings. The average Bonchev–Trinajstić information content (AvgIpc) is 2.97. The Labute approximate surface area is 225 Å². The molecular weight excluding hydrogens is 476 g/mol. The molecule has 8 nitrogen and oxygen atoms in total. The van der Waals surface area contributed by atoms with Gasteiger partial charge in [0.25, 0.3) is 0 Å². The van der Waals surface area contributed by atoms with E-state index < -0.39 is 0 Å². The summed E-state index contributed by atoms with van der Waals surface area (Å²) in [7, 11) is 0. The second-order valence-corrected chi connectivity index (χ2v) is 10.3. The number of nitrogens with one attached hydrogen (secondary N) is 1. The molecule has 2 fully saturated rings. The van der Waals surface area contributed by atoms with Crippen molar-refractivity contribution in [3.8, 4) is 22.6 Å². The predicted molar refractivity (Wildman–Crippen MR) is 151 cm³/mol. The molecule has 0 spiro atoms. The Morgan fingerprint density at radius 2 is 1.63 bits per heavy atom. The number of carbonyl (C=O) groups is 1. The second kappa shape index (κ2) is 12.7. The summed E-state index contributed by atoms with van der Waals surface area (Å²) in [6.45, 7) is 5.62. The molecule has 2 aliphatic heterocycles. The van der Waals surface area contributed by atoms with Gasteiger partial charge in [-0.1, -0.05) is 36.8 Å². The predicted octanol–water partition coefficient (Wildman–Crippen LogP) is 5.04. The summed E-state index contributed by atoms with van der Waals surface area (Å²) in [6.07, 6.45) is 7.97. The number of ether oxygens (including phenoxy) is 1. The molecule has 0 saturated carbocycles. The fourth-order valence-corrected chi connectivity index (χ4v) is 5.35. The minimum atomic E-state index is 0.299. The zero-order valence-electron chi connectivity index (χ0n) is 22.0. The van der Waals surface area contributed by atoms with Crippen molar-refractivity contribution in [2.24, 2.45) is 5.92 Å². The van der Waals surface area contributed by atoms with Gasteiger partial charge in [0.15, 0.2) is 0 Å². The van der Waals surface area contributed by atoms with Gasteiger partial charge in [-0.25, -0.2) is 9.97 Å². The molecule has 3 heterocycles. The highest BCUT2D eigenvalue weighted by molar-refractivity contribution is 5.83. The zero-order chi connectivity index (χ0) is 26.2. The van der Waals surface area contributed by atoms with Gasteiger partial charge in [0, 0.05) is 32.6 Å². The molecule has 38 heavy (non-hydrogen) atoms. The van der Waals surface area contributed by atoms with E-state index in [1.807, 2.05) is 59.5 Å². The van der Waals surface area contributed by atoms with Crippen molar-refractivity contribution in [1.82, 2.24) is 19.8 Å². The van der Waals surface area contributed by atoms with Crippen LogP contribution in [0.2, 0.25) is 0 Å². The van der Waals surface area contributed by atoms with Gasteiger partial charge in [-0.2, -0.15) is 0 Å². The molecule has 0 aliphatic carbocycles. The molecule has 2 saturated heterocycles. The van der Waals surface area contributed by atoms with Gasteiger partial charge in [0.05, 0.1) is 5.56 Å². The van der Waals surface area contributed by atoms with Crippen LogP contribution in [0.25, 0.3) is 11.1 Å². The van der Waals surface area contributed by atoms with Crippen LogP contribution in [0.1, 0.15) is 38.5 Å². The lowest BCUT2D eigenvalue weighted by atomic mass is 9.96. The molecule has 0 radical (unpaired) electrons. The summed E-state index contributed by atoms with van der Waals surface area (Å²) in [5, 5.41) is 3.52. The zero-order valence-corrected chi connectivity index (χ0v) is 22.0. The van der Waals surface area contributed by atoms with Crippen molar-refractivity contribution in [3.05, 3.63) is 60.9 Å². The molecule has 5 rings (SSSR count). The molecular formula is C30H38N6O2. The number of hydrogen-bond acceptors (Lipinski definition) is 7. The lowest BCUT2D eigenvalue weighted by molar-refractivity contribution is -0.132. The van der Waals surface area contributed by atoms with E-state index in [9.17, 15) is 4.79 Å². The van der Waals surface area contributed by atoms with Gasteiger partial charge in [0.1, 0.15) is 29.5 Å². The van der Waals surface area contributed by atoms with Gasteiger partial charge in [-0.15, -0.1) is 0 Å². The standard InChI is InChI=1S/C30H38N6O2/c31-29-28(24-9-11-26(12-10-24)38-25-7-3-1-4-8-25)30(34-22-33-29)32-21-23-13-19-36(20-14-23)27(37)15-18-35-16-5-2-6-17-35/h1,3-4,7-12,22-23H,2,5-6,13-21H2,(H3,31,32,33,34). The highest BCUT2D eigenvalue weighted by Crippen LogP contribution is 2.33. The summed E-state index contributed by atoms with van der Waals surface area (Å²) in [5.74, 6) is 3.49. The van der Waals surface area contributed by atoms with Crippen molar-refractivity contribution in [3.63, 3.8) is 0 Å². The third kappa shape index (κ3) is 6.81. The molecule has 200 valence electrons. The quantitative estimate of drug-likeness (QED) is 0.413. The van der Waals surface area contributed by atoms with Crippen LogP contribution in [-0.4, -0.2) is 64.9 Å². The molecule has 8 heteroatoms. The normalized spacial score (nSPS) is 16.8. The van der Waals surface area contributed by atoms with Gasteiger partial charge >= 0.3 is 0 Å². The minimum Gasteiger partial charge on any atom is -0.457 e. The maximum atomic E-state index is 12.7. The Kier molecular flexibility index (Phi) is 8.71. The van der Waals surface area contributed by atoms with Gasteiger partial charge < -0.3 is 25.6 Å². The van der Waals surface area contributed by atoms with E-state index in [1.54, 1.807) is 0 Å². The number of carbonyl (C=O) groups excluding carboxylic acids is 1. The molecule has 2 aromatic carbocycles. The summed E-state index contributed by atoms with van der Waals surface area (Å²) in [5.41, 5.74) is 8.01. The summed E-state index contributed by atoms with van der Waals surface area (Å²) >= 11 is 0. The second-order valence-electron chi connectivity index (χ2n) is 10.3. The first-order chi connectivity index (χ1) is 18.7. The van der Waals surface area contributed by atoms with Gasteiger partial charge in [-0.05, 0) is 74.5 Å². The lowest BCUT2D eigenvalue weighted by Gasteiger charge is -2.33. The number of hydrogen-bond donors (Lipinski definition) is 2. The number of benzene rings is 2. The summed E-state index contributed by atoms with van der Waals surface area (Å²) in [4.78, 5) is 26.0. The number of nitrogen functional groups attached to an aromatic ring is 1. The van der Waals surface area contributed by atoms with Crippen molar-refractivity contribution in [1.29, 1.82) is 0 Å². The molecule has 1 amide bonds. The SMILES string of the molecule is Nc1ncnc(NCC2CCN(C(=O)CCN3CCCCC3)CC2)c1-c1ccc(Oc2ccccc2)cc1.